The fourth-order valence-corrected chi connectivity index (χ4v) is 6.07. The molecule has 0 radical (unpaired) electrons. The van der Waals surface area contributed by atoms with Gasteiger partial charge in [-0.1, -0.05) is 43.7 Å². The van der Waals surface area contributed by atoms with Crippen molar-refractivity contribution in [2.45, 2.75) is 76.8 Å². The molecule has 276 valence electrons. The molecule has 0 saturated carbocycles. The van der Waals surface area contributed by atoms with Gasteiger partial charge in [0, 0.05) is 25.5 Å². The topological polar surface area (TPSA) is 169 Å². The van der Waals surface area contributed by atoms with Crippen LogP contribution < -0.4 is 14.6 Å². The number of alkyl halides is 3. The molecule has 2 atom stereocenters. The highest BCUT2D eigenvalue weighted by molar-refractivity contribution is 7.90. The van der Waals surface area contributed by atoms with Gasteiger partial charge in [0.15, 0.2) is 5.69 Å². The lowest BCUT2D eigenvalue weighted by molar-refractivity contribution is -0.184. The van der Waals surface area contributed by atoms with Crippen molar-refractivity contribution in [3.63, 3.8) is 0 Å². The zero-order chi connectivity index (χ0) is 37.1. The minimum absolute atomic E-state index is 0.0387. The number of rotatable bonds is 14. The maximum absolute atomic E-state index is 13.5. The van der Waals surface area contributed by atoms with E-state index >= 15 is 0 Å². The summed E-state index contributed by atoms with van der Waals surface area (Å²) < 4.78 is 85.1. The van der Waals surface area contributed by atoms with Crippen molar-refractivity contribution < 1.29 is 54.9 Å². The van der Waals surface area contributed by atoms with Crippen LogP contribution in [-0.4, -0.2) is 71.5 Å². The minimum Gasteiger partial charge on any atom is -0.463 e. The number of halogens is 3. The van der Waals surface area contributed by atoms with Crippen LogP contribution in [0.3, 0.4) is 0 Å². The van der Waals surface area contributed by atoms with E-state index in [2.05, 4.69) is 5.10 Å². The summed E-state index contributed by atoms with van der Waals surface area (Å²) in [5, 5.41) is 6.49. The number of esters is 2. The number of hydrogen-bond acceptors (Lipinski definition) is 11. The summed E-state index contributed by atoms with van der Waals surface area (Å²) >= 11 is 0. The average molecular weight is 739 g/mol. The van der Waals surface area contributed by atoms with Crippen LogP contribution in [0.2, 0.25) is 0 Å². The molecule has 1 aliphatic heterocycles. The standard InChI is InChI=1S/C32H37F3N6O9S/c1-20(2)31(44)48-22(4)49-41-40(50-41)38-17-5-6-25(38)19-47-30(43)16-15-29(42)37-51(45,46)26-13-11-24(12-14-26)39-27(18-28(36-39)32(33,34)35)23-9-7-21(3)8-10-23/h7-14,18,20,22,25H,5-6,15-17,19H2,1-4H3,(H,37,42)/t22?,25-,40?,41?/m0/s1. The maximum atomic E-state index is 13.5. The van der Waals surface area contributed by atoms with Crippen molar-refractivity contribution in [1.29, 1.82) is 0 Å². The number of carbonyl (C=O) groups excluding carboxylic acids is 3. The van der Waals surface area contributed by atoms with E-state index in [0.29, 0.717) is 18.5 Å². The number of sulfonamides is 1. The van der Waals surface area contributed by atoms with Gasteiger partial charge in [-0.2, -0.15) is 22.9 Å². The minimum atomic E-state index is -4.71. The molecular formula is C32H37F3N6O9S. The molecule has 5 rings (SSSR count). The lowest BCUT2D eigenvalue weighted by Gasteiger charge is -2.20. The largest absolute Gasteiger partial charge is 0.463 e. The Kier molecular flexibility index (Phi) is 10.9. The van der Waals surface area contributed by atoms with Crippen LogP contribution in [0.15, 0.2) is 64.1 Å². The molecule has 51 heavy (non-hydrogen) atoms. The molecule has 1 aliphatic rings. The van der Waals surface area contributed by atoms with E-state index in [0.717, 1.165) is 39.9 Å². The van der Waals surface area contributed by atoms with Crippen LogP contribution in [0.25, 0.3) is 16.9 Å². The van der Waals surface area contributed by atoms with E-state index in [9.17, 15) is 36.0 Å². The zero-order valence-corrected chi connectivity index (χ0v) is 28.9. The number of aryl methyl sites for hydroxylation is 1. The number of aromatic nitrogens is 4. The molecule has 15 nitrogen and oxygen atoms in total. The third kappa shape index (κ3) is 9.33. The van der Waals surface area contributed by atoms with Crippen molar-refractivity contribution >= 4 is 27.9 Å². The van der Waals surface area contributed by atoms with E-state index < -0.39 is 58.9 Å². The van der Waals surface area contributed by atoms with E-state index in [4.69, 9.17) is 18.9 Å². The highest BCUT2D eigenvalue weighted by Gasteiger charge is 2.36. The number of carbonyl (C=O) groups is 3. The second-order valence-electron chi connectivity index (χ2n) is 12.2. The molecular weight excluding hydrogens is 701 g/mol. The van der Waals surface area contributed by atoms with Crippen LogP contribution in [0, 0.1) is 12.8 Å². The molecule has 2 aromatic carbocycles. The summed E-state index contributed by atoms with van der Waals surface area (Å²) in [6, 6.07) is 12.2. The first-order valence-corrected chi connectivity index (χ1v) is 17.5. The number of nitrogens with one attached hydrogen (secondary N) is 1. The second kappa shape index (κ2) is 15.0. The van der Waals surface area contributed by atoms with Crippen molar-refractivity contribution in [1.82, 2.24) is 24.5 Å². The molecule has 1 amide bonds. The summed E-state index contributed by atoms with van der Waals surface area (Å²) in [5.74, 6) is -2.45. The Morgan fingerprint density at radius 2 is 1.73 bits per heavy atom. The molecule has 1 saturated heterocycles. The van der Waals surface area contributed by atoms with E-state index in [1.54, 1.807) is 43.1 Å². The number of nitrogens with zero attached hydrogens (tertiary/aromatic N) is 5. The Balaban J connectivity index is 1.12. The summed E-state index contributed by atoms with van der Waals surface area (Å²) in [4.78, 5) is 43.0. The Labute approximate surface area is 290 Å². The van der Waals surface area contributed by atoms with Gasteiger partial charge in [-0.05, 0) is 50.1 Å². The number of hydrogen-bond donors (Lipinski definition) is 1. The first kappa shape index (κ1) is 37.1. The summed E-state index contributed by atoms with van der Waals surface area (Å²) in [6.07, 6.45) is -5.08. The lowest BCUT2D eigenvalue weighted by atomic mass is 10.1. The van der Waals surface area contributed by atoms with E-state index in [-0.39, 0.29) is 34.8 Å². The Morgan fingerprint density at radius 1 is 1.04 bits per heavy atom. The summed E-state index contributed by atoms with van der Waals surface area (Å²) in [6.45, 7) is 7.27. The normalized spacial score (nSPS) is 15.6. The monoisotopic (exact) mass is 738 g/mol. The van der Waals surface area contributed by atoms with Crippen LogP contribution in [0.4, 0.5) is 13.2 Å². The van der Waals surface area contributed by atoms with Gasteiger partial charge in [-0.25, -0.2) is 17.8 Å². The third-order valence-electron chi connectivity index (χ3n) is 7.80. The van der Waals surface area contributed by atoms with Gasteiger partial charge in [0.25, 0.3) is 16.3 Å². The molecule has 3 heterocycles. The molecule has 0 aliphatic carbocycles. The maximum Gasteiger partial charge on any atom is 0.435 e. The van der Waals surface area contributed by atoms with Crippen LogP contribution in [-0.2, 0) is 40.1 Å². The van der Waals surface area contributed by atoms with Crippen LogP contribution in [0.1, 0.15) is 57.7 Å². The molecule has 0 bridgehead atoms. The van der Waals surface area contributed by atoms with Gasteiger partial charge in [-0.3, -0.25) is 19.4 Å². The Bertz CT molecular complexity index is 1940. The SMILES string of the molecule is Cc1ccc(-c2cc(C(F)(F)F)nn2-c2ccc(S(=O)(=O)NC(=O)CCC(=O)OC[C@@H]3CCCN3n3on3OC(C)OC(=O)C(C)C)cc2)cc1. The Hall–Kier alpha value is -5.20. The highest BCUT2D eigenvalue weighted by Crippen LogP contribution is 2.33. The van der Waals surface area contributed by atoms with Gasteiger partial charge in [0.05, 0.1) is 39.6 Å². The second-order valence-corrected chi connectivity index (χ2v) is 13.9. The van der Waals surface area contributed by atoms with Crippen LogP contribution >= 0.6 is 0 Å². The van der Waals surface area contributed by atoms with E-state index in [1.807, 2.05) is 11.6 Å². The number of ether oxygens (including phenoxy) is 2. The van der Waals surface area contributed by atoms with E-state index in [1.165, 1.54) is 24.0 Å². The van der Waals surface area contributed by atoms with Gasteiger partial charge < -0.3 is 14.3 Å². The zero-order valence-electron chi connectivity index (χ0n) is 28.1. The molecule has 1 fully saturated rings. The first-order valence-electron chi connectivity index (χ1n) is 16.0. The molecule has 4 aromatic rings. The molecule has 1 unspecified atom stereocenters. The quantitative estimate of drug-likeness (QED) is 0.147. The number of amides is 1. The molecule has 19 heteroatoms. The van der Waals surface area contributed by atoms with Gasteiger partial charge in [0.1, 0.15) is 11.6 Å². The van der Waals surface area contributed by atoms with Gasteiger partial charge >= 0.3 is 18.1 Å². The first-order chi connectivity index (χ1) is 24.0. The summed E-state index contributed by atoms with van der Waals surface area (Å²) in [7, 11) is -4.38. The van der Waals surface area contributed by atoms with Gasteiger partial charge in [0.2, 0.25) is 5.91 Å². The smallest absolute Gasteiger partial charge is 0.435 e. The third-order valence-corrected chi connectivity index (χ3v) is 9.18. The summed E-state index contributed by atoms with van der Waals surface area (Å²) in [5.41, 5.74) is 0.553. The highest BCUT2D eigenvalue weighted by atomic mass is 32.2. The van der Waals surface area contributed by atoms with Gasteiger partial charge in [-0.15, -0.1) is 0 Å². The average Bonchev–Trinajstić information content (AvgIpc) is 3.42. The molecule has 2 aromatic heterocycles. The van der Waals surface area contributed by atoms with Crippen molar-refractivity contribution in [3.05, 3.63) is 65.9 Å². The Morgan fingerprint density at radius 3 is 2.37 bits per heavy atom. The lowest BCUT2D eigenvalue weighted by Crippen LogP contribution is -2.41. The van der Waals surface area contributed by atoms with Crippen molar-refractivity contribution in [3.8, 4) is 16.9 Å². The molecule has 1 N–H and O–H groups in total. The van der Waals surface area contributed by atoms with Crippen LogP contribution in [0.5, 0.6) is 0 Å². The predicted octanol–water partition coefficient (Wildman–Crippen LogP) is 3.97. The van der Waals surface area contributed by atoms with Crippen molar-refractivity contribution in [2.24, 2.45) is 5.92 Å². The fraction of sp³-hybridized carbons (Fsp3) is 0.438. The fourth-order valence-electron chi connectivity index (χ4n) is 5.06. The molecule has 0 spiro atoms. The van der Waals surface area contributed by atoms with Crippen molar-refractivity contribution in [2.75, 3.05) is 18.2 Å². The number of benzene rings is 2. The predicted molar refractivity (Wildman–Crippen MR) is 172 cm³/mol.